The molecule has 0 radical (unpaired) electrons. The summed E-state index contributed by atoms with van der Waals surface area (Å²) in [6.45, 7) is 0.201. The van der Waals surface area contributed by atoms with E-state index in [2.05, 4.69) is 152 Å². The van der Waals surface area contributed by atoms with Gasteiger partial charge in [-0.15, -0.1) is 0 Å². The summed E-state index contributed by atoms with van der Waals surface area (Å²) in [5.41, 5.74) is 11.9. The van der Waals surface area contributed by atoms with Crippen LogP contribution in [0.2, 0.25) is 0 Å². The molecule has 8 aromatic rings. The van der Waals surface area contributed by atoms with Crippen LogP contribution in [0, 0.1) is 0 Å². The molecule has 0 unspecified atom stereocenters. The highest BCUT2D eigenvalue weighted by molar-refractivity contribution is 6.98. The fraction of sp³-hybridized carbons (Fsp3) is 0. The standard InChI is InChI=1S/C40H25B/c1-4-12-26(13-5-1)32-24-33(27-14-6-2-7-15-27)35-25-34-30-18-10-11-19-36(30)41(29-16-8-3-9-17-29)37-23-21-28-20-22-31(32)39(35)38(28)40(34)37/h1-25H. The van der Waals surface area contributed by atoms with Gasteiger partial charge in [0.2, 0.25) is 6.71 Å². The van der Waals surface area contributed by atoms with Crippen molar-refractivity contribution in [3.05, 3.63) is 152 Å². The van der Waals surface area contributed by atoms with Gasteiger partial charge in [0.1, 0.15) is 0 Å². The van der Waals surface area contributed by atoms with E-state index in [4.69, 9.17) is 0 Å². The molecule has 0 saturated heterocycles. The molecular weight excluding hydrogens is 491 g/mol. The quantitative estimate of drug-likeness (QED) is 0.163. The third kappa shape index (κ3) is 3.24. The van der Waals surface area contributed by atoms with Crippen molar-refractivity contribution in [3.63, 3.8) is 0 Å². The Morgan fingerprint density at radius 3 is 1.68 bits per heavy atom. The van der Waals surface area contributed by atoms with Gasteiger partial charge in [-0.25, -0.2) is 0 Å². The molecule has 0 amide bonds. The maximum absolute atomic E-state index is 2.49. The number of hydrogen-bond acceptors (Lipinski definition) is 0. The summed E-state index contributed by atoms with van der Waals surface area (Å²) in [5.74, 6) is 0. The predicted molar refractivity (Wildman–Crippen MR) is 178 cm³/mol. The van der Waals surface area contributed by atoms with Gasteiger partial charge in [0.15, 0.2) is 0 Å². The van der Waals surface area contributed by atoms with Crippen molar-refractivity contribution in [1.29, 1.82) is 0 Å². The van der Waals surface area contributed by atoms with Crippen molar-refractivity contribution >= 4 is 55.4 Å². The van der Waals surface area contributed by atoms with E-state index in [-0.39, 0.29) is 6.71 Å². The highest BCUT2D eigenvalue weighted by Crippen LogP contribution is 2.47. The van der Waals surface area contributed by atoms with Crippen LogP contribution in [0.25, 0.3) is 65.7 Å². The molecule has 8 aromatic carbocycles. The number of rotatable bonds is 3. The molecule has 0 aromatic heterocycles. The van der Waals surface area contributed by atoms with Gasteiger partial charge < -0.3 is 0 Å². The van der Waals surface area contributed by atoms with E-state index in [9.17, 15) is 0 Å². The van der Waals surface area contributed by atoms with Crippen LogP contribution in [-0.2, 0) is 0 Å². The Kier molecular flexibility index (Phi) is 4.80. The Labute approximate surface area is 240 Å². The van der Waals surface area contributed by atoms with Gasteiger partial charge in [0, 0.05) is 0 Å². The maximum Gasteiger partial charge on any atom is 0.242 e. The zero-order valence-corrected chi connectivity index (χ0v) is 22.5. The first-order valence-corrected chi connectivity index (χ1v) is 14.4. The molecule has 41 heavy (non-hydrogen) atoms. The smallest absolute Gasteiger partial charge is 0.0686 e. The van der Waals surface area contributed by atoms with E-state index in [1.54, 1.807) is 0 Å². The maximum atomic E-state index is 2.49. The van der Waals surface area contributed by atoms with Crippen LogP contribution in [0.3, 0.4) is 0 Å². The van der Waals surface area contributed by atoms with Crippen molar-refractivity contribution in [2.45, 2.75) is 0 Å². The number of benzene rings is 8. The number of fused-ring (bicyclic) bond motifs is 2. The third-order valence-electron chi connectivity index (χ3n) is 9.09. The Balaban J connectivity index is 1.51. The Morgan fingerprint density at radius 1 is 0.341 bits per heavy atom. The van der Waals surface area contributed by atoms with Crippen molar-refractivity contribution in [1.82, 2.24) is 0 Å². The summed E-state index contributed by atoms with van der Waals surface area (Å²) in [7, 11) is 0. The zero-order chi connectivity index (χ0) is 26.9. The van der Waals surface area contributed by atoms with Gasteiger partial charge in [-0.3, -0.25) is 0 Å². The first-order chi connectivity index (χ1) is 20.4. The lowest BCUT2D eigenvalue weighted by molar-refractivity contribution is 1.63. The second-order valence-electron chi connectivity index (χ2n) is 11.2. The van der Waals surface area contributed by atoms with Crippen LogP contribution in [0.1, 0.15) is 0 Å². The van der Waals surface area contributed by atoms with Crippen LogP contribution in [0.5, 0.6) is 0 Å². The van der Waals surface area contributed by atoms with Gasteiger partial charge in [-0.05, 0) is 77.8 Å². The summed E-state index contributed by atoms with van der Waals surface area (Å²) in [6, 6.07) is 56.1. The number of hydrogen-bond donors (Lipinski definition) is 0. The third-order valence-corrected chi connectivity index (χ3v) is 9.09. The summed E-state index contributed by atoms with van der Waals surface area (Å²) in [4.78, 5) is 0. The van der Waals surface area contributed by atoms with Gasteiger partial charge in [0.25, 0.3) is 0 Å². The summed E-state index contributed by atoms with van der Waals surface area (Å²) in [6.07, 6.45) is 0. The lowest BCUT2D eigenvalue weighted by Crippen LogP contribution is -2.54. The van der Waals surface area contributed by atoms with E-state index in [1.807, 2.05) is 0 Å². The fourth-order valence-corrected chi connectivity index (χ4v) is 7.36. The van der Waals surface area contributed by atoms with Crippen molar-refractivity contribution < 1.29 is 0 Å². The normalized spacial score (nSPS) is 12.3. The molecule has 0 nitrogen and oxygen atoms in total. The van der Waals surface area contributed by atoms with Crippen LogP contribution in [0.4, 0.5) is 0 Å². The van der Waals surface area contributed by atoms with Crippen LogP contribution < -0.4 is 16.4 Å². The highest BCUT2D eigenvalue weighted by Gasteiger charge is 2.33. The molecule has 0 aliphatic carbocycles. The topological polar surface area (TPSA) is 0 Å². The Morgan fingerprint density at radius 2 is 0.951 bits per heavy atom. The lowest BCUT2D eigenvalue weighted by atomic mass is 9.33. The molecule has 0 saturated carbocycles. The van der Waals surface area contributed by atoms with Crippen LogP contribution in [-0.4, -0.2) is 6.71 Å². The second-order valence-corrected chi connectivity index (χ2v) is 11.2. The SMILES string of the molecule is c1ccc(B2c3ccccc3-c3cc4c(-c5ccccc5)cc(-c5ccccc5)c5ccc6ccc2c3c6c54)cc1. The molecular formula is C40H25B. The monoisotopic (exact) mass is 516 g/mol. The Bertz CT molecular complexity index is 2230. The lowest BCUT2D eigenvalue weighted by Gasteiger charge is -2.29. The molecule has 0 N–H and O–H groups in total. The van der Waals surface area contributed by atoms with E-state index in [0.29, 0.717) is 0 Å². The van der Waals surface area contributed by atoms with Crippen molar-refractivity contribution in [2.24, 2.45) is 0 Å². The molecule has 0 bridgehead atoms. The molecule has 0 atom stereocenters. The first kappa shape index (κ1) is 22.7. The molecule has 0 fully saturated rings. The largest absolute Gasteiger partial charge is 0.242 e. The van der Waals surface area contributed by atoms with E-state index in [0.717, 1.165) is 0 Å². The summed E-state index contributed by atoms with van der Waals surface area (Å²) < 4.78 is 0. The van der Waals surface area contributed by atoms with Gasteiger partial charge in [-0.1, -0.05) is 156 Å². The average molecular weight is 516 g/mol. The van der Waals surface area contributed by atoms with Gasteiger partial charge in [-0.2, -0.15) is 0 Å². The van der Waals surface area contributed by atoms with Gasteiger partial charge in [0.05, 0.1) is 0 Å². The molecule has 1 aliphatic rings. The van der Waals surface area contributed by atoms with Crippen molar-refractivity contribution in [3.8, 4) is 33.4 Å². The predicted octanol–water partition coefficient (Wildman–Crippen LogP) is 8.41. The minimum absolute atomic E-state index is 0.201. The average Bonchev–Trinajstić information content (AvgIpc) is 3.05. The minimum Gasteiger partial charge on any atom is -0.0686 e. The second kappa shape index (κ2) is 8.68. The van der Waals surface area contributed by atoms with Crippen molar-refractivity contribution in [2.75, 3.05) is 0 Å². The van der Waals surface area contributed by atoms with Crippen LogP contribution in [0.15, 0.2) is 152 Å². The molecule has 1 heteroatoms. The highest BCUT2D eigenvalue weighted by atomic mass is 14.3. The van der Waals surface area contributed by atoms with E-state index >= 15 is 0 Å². The fourth-order valence-electron chi connectivity index (χ4n) is 7.36. The zero-order valence-electron chi connectivity index (χ0n) is 22.5. The summed E-state index contributed by atoms with van der Waals surface area (Å²) in [5, 5.41) is 8.10. The molecule has 0 spiro atoms. The molecule has 1 heterocycles. The first-order valence-electron chi connectivity index (χ1n) is 14.4. The summed E-state index contributed by atoms with van der Waals surface area (Å²) >= 11 is 0. The van der Waals surface area contributed by atoms with Gasteiger partial charge >= 0.3 is 0 Å². The van der Waals surface area contributed by atoms with E-state index < -0.39 is 0 Å². The minimum atomic E-state index is 0.201. The van der Waals surface area contributed by atoms with E-state index in [1.165, 1.54) is 82.1 Å². The Hall–Kier alpha value is -5.14. The molecule has 1 aliphatic heterocycles. The van der Waals surface area contributed by atoms with Crippen LogP contribution >= 0.6 is 0 Å². The molecule has 9 rings (SSSR count). The molecule has 188 valence electrons.